The Morgan fingerprint density at radius 1 is 0.850 bits per heavy atom. The van der Waals surface area contributed by atoms with Crippen LogP contribution in [0.5, 0.6) is 0 Å². The first-order valence-electron chi connectivity index (χ1n) is 14.1. The zero-order valence-electron chi connectivity index (χ0n) is 22.5. The number of aldehydes is 1. The SMILES string of the molecule is O=Cc1ccc(N2CCC(CN3CCN(c4ccc5c(=O)n(C6CCC(=O)NC6=O)ncc5c4)CC3)CC2)cc1. The van der Waals surface area contributed by atoms with Crippen molar-refractivity contribution in [3.05, 3.63) is 64.6 Å². The van der Waals surface area contributed by atoms with E-state index < -0.39 is 11.9 Å². The fourth-order valence-electron chi connectivity index (χ4n) is 6.18. The summed E-state index contributed by atoms with van der Waals surface area (Å²) < 4.78 is 1.20. The highest BCUT2D eigenvalue weighted by Crippen LogP contribution is 2.26. The van der Waals surface area contributed by atoms with Gasteiger partial charge in [0.05, 0.1) is 11.6 Å². The van der Waals surface area contributed by atoms with E-state index in [9.17, 15) is 19.2 Å². The summed E-state index contributed by atoms with van der Waals surface area (Å²) in [4.78, 5) is 55.1. The largest absolute Gasteiger partial charge is 0.372 e. The van der Waals surface area contributed by atoms with Gasteiger partial charge in [0, 0.05) is 74.6 Å². The fraction of sp³-hybridized carbons (Fsp3) is 0.433. The van der Waals surface area contributed by atoms with Crippen LogP contribution in [0.1, 0.15) is 42.1 Å². The number of hydrogen-bond donors (Lipinski definition) is 1. The van der Waals surface area contributed by atoms with Crippen LogP contribution in [0.3, 0.4) is 0 Å². The average Bonchev–Trinajstić information content (AvgIpc) is 2.98. The minimum Gasteiger partial charge on any atom is -0.372 e. The molecule has 208 valence electrons. The third-order valence-electron chi connectivity index (χ3n) is 8.56. The molecular weight excluding hydrogens is 508 g/mol. The summed E-state index contributed by atoms with van der Waals surface area (Å²) in [6.07, 6.45) is 5.34. The predicted molar refractivity (Wildman–Crippen MR) is 153 cm³/mol. The summed E-state index contributed by atoms with van der Waals surface area (Å²) in [5, 5.41) is 7.86. The summed E-state index contributed by atoms with van der Waals surface area (Å²) in [6.45, 7) is 7.06. The first-order valence-corrected chi connectivity index (χ1v) is 14.1. The minimum absolute atomic E-state index is 0.199. The molecule has 3 aromatic rings. The van der Waals surface area contributed by atoms with Gasteiger partial charge in [-0.1, -0.05) is 0 Å². The number of amides is 2. The number of rotatable bonds is 6. The molecule has 3 saturated heterocycles. The highest BCUT2D eigenvalue weighted by atomic mass is 16.2. The third kappa shape index (κ3) is 5.36. The lowest BCUT2D eigenvalue weighted by atomic mass is 9.95. The number of piperidine rings is 2. The predicted octanol–water partition coefficient (Wildman–Crippen LogP) is 2.23. The van der Waals surface area contributed by atoms with Crippen LogP contribution in [0, 0.1) is 5.92 Å². The molecular formula is C30H34N6O4. The molecule has 1 N–H and O–H groups in total. The van der Waals surface area contributed by atoms with Gasteiger partial charge in [0.15, 0.2) is 0 Å². The van der Waals surface area contributed by atoms with Gasteiger partial charge in [0.1, 0.15) is 12.3 Å². The molecule has 10 nitrogen and oxygen atoms in total. The van der Waals surface area contributed by atoms with E-state index in [2.05, 4.69) is 25.1 Å². The topological polar surface area (TPSA) is 108 Å². The molecule has 40 heavy (non-hydrogen) atoms. The maximum absolute atomic E-state index is 13.1. The van der Waals surface area contributed by atoms with Crippen molar-refractivity contribution >= 4 is 40.2 Å². The van der Waals surface area contributed by atoms with Crippen molar-refractivity contribution in [2.45, 2.75) is 31.7 Å². The molecule has 3 fully saturated rings. The monoisotopic (exact) mass is 542 g/mol. The average molecular weight is 543 g/mol. The quantitative estimate of drug-likeness (QED) is 0.373. The van der Waals surface area contributed by atoms with Crippen molar-refractivity contribution in [3.8, 4) is 0 Å². The zero-order chi connectivity index (χ0) is 27.6. The van der Waals surface area contributed by atoms with Gasteiger partial charge in [0.2, 0.25) is 5.91 Å². The summed E-state index contributed by atoms with van der Waals surface area (Å²) in [5.41, 5.74) is 2.66. The summed E-state index contributed by atoms with van der Waals surface area (Å²) in [5.74, 6) is -0.102. The van der Waals surface area contributed by atoms with Crippen LogP contribution < -0.4 is 20.7 Å². The van der Waals surface area contributed by atoms with Gasteiger partial charge in [-0.2, -0.15) is 5.10 Å². The van der Waals surface area contributed by atoms with Crippen molar-refractivity contribution in [2.75, 3.05) is 55.6 Å². The molecule has 2 amide bonds. The van der Waals surface area contributed by atoms with Crippen LogP contribution in [0.2, 0.25) is 0 Å². The molecule has 1 aromatic heterocycles. The number of fused-ring (bicyclic) bond motifs is 1. The number of nitrogens with one attached hydrogen (secondary N) is 1. The van der Waals surface area contributed by atoms with Crippen LogP contribution >= 0.6 is 0 Å². The van der Waals surface area contributed by atoms with E-state index in [-0.39, 0.29) is 24.3 Å². The van der Waals surface area contributed by atoms with Crippen LogP contribution in [0.15, 0.2) is 53.5 Å². The van der Waals surface area contributed by atoms with Gasteiger partial charge in [-0.3, -0.25) is 29.4 Å². The number of benzene rings is 2. The number of imide groups is 1. The lowest BCUT2D eigenvalue weighted by Crippen LogP contribution is -2.49. The molecule has 6 rings (SSSR count). The third-order valence-corrected chi connectivity index (χ3v) is 8.56. The second-order valence-corrected chi connectivity index (χ2v) is 11.1. The Balaban J connectivity index is 1.03. The van der Waals surface area contributed by atoms with Crippen LogP contribution in [-0.4, -0.2) is 78.6 Å². The molecule has 1 unspecified atom stereocenters. The molecule has 10 heteroatoms. The molecule has 4 heterocycles. The normalized spacial score (nSPS) is 21.1. The van der Waals surface area contributed by atoms with Crippen molar-refractivity contribution in [1.29, 1.82) is 0 Å². The standard InChI is InChI=1S/C30H34N6O4/c37-20-22-1-3-24(4-2-22)34-11-9-21(10-12-34)19-33-13-15-35(16-14-33)25-5-6-26-23(17-25)18-31-36(30(26)40)27-7-8-28(38)32-29(27)39/h1-6,17-18,20-21,27H,7-16,19H2,(H,32,38,39). The molecule has 0 aliphatic carbocycles. The molecule has 0 bridgehead atoms. The van der Waals surface area contributed by atoms with Gasteiger partial charge in [-0.25, -0.2) is 4.68 Å². The highest BCUT2D eigenvalue weighted by Gasteiger charge is 2.30. The lowest BCUT2D eigenvalue weighted by Gasteiger charge is -2.40. The van der Waals surface area contributed by atoms with E-state index in [1.54, 1.807) is 6.20 Å². The zero-order valence-corrected chi connectivity index (χ0v) is 22.5. The molecule has 0 saturated carbocycles. The van der Waals surface area contributed by atoms with Crippen molar-refractivity contribution in [1.82, 2.24) is 20.0 Å². The molecule has 1 atom stereocenters. The summed E-state index contributed by atoms with van der Waals surface area (Å²) in [7, 11) is 0. The summed E-state index contributed by atoms with van der Waals surface area (Å²) in [6, 6.07) is 12.9. The smallest absolute Gasteiger partial charge is 0.275 e. The Bertz CT molecular complexity index is 1470. The van der Waals surface area contributed by atoms with Gasteiger partial charge < -0.3 is 9.80 Å². The number of carbonyl (C=O) groups is 3. The number of aromatic nitrogens is 2. The van der Waals surface area contributed by atoms with Gasteiger partial charge in [-0.05, 0) is 67.6 Å². The fourth-order valence-corrected chi connectivity index (χ4v) is 6.18. The molecule has 3 aliphatic rings. The highest BCUT2D eigenvalue weighted by molar-refractivity contribution is 5.99. The number of hydrogen-bond acceptors (Lipinski definition) is 8. The minimum atomic E-state index is -0.760. The summed E-state index contributed by atoms with van der Waals surface area (Å²) >= 11 is 0. The van der Waals surface area contributed by atoms with E-state index in [1.165, 1.54) is 23.2 Å². The number of anilines is 2. The van der Waals surface area contributed by atoms with E-state index >= 15 is 0 Å². The Morgan fingerprint density at radius 3 is 2.25 bits per heavy atom. The van der Waals surface area contributed by atoms with Gasteiger partial charge in [-0.15, -0.1) is 0 Å². The van der Waals surface area contributed by atoms with E-state index in [1.807, 2.05) is 42.5 Å². The first-order chi connectivity index (χ1) is 19.5. The number of carbonyl (C=O) groups excluding carboxylic acids is 3. The van der Waals surface area contributed by atoms with E-state index in [0.29, 0.717) is 16.9 Å². The number of piperazine rings is 1. The number of nitrogens with zero attached hydrogens (tertiary/aromatic N) is 5. The van der Waals surface area contributed by atoms with Crippen LogP contribution in [0.25, 0.3) is 10.8 Å². The van der Waals surface area contributed by atoms with Gasteiger partial charge >= 0.3 is 0 Å². The van der Waals surface area contributed by atoms with Crippen molar-refractivity contribution in [2.24, 2.45) is 5.92 Å². The van der Waals surface area contributed by atoms with Crippen molar-refractivity contribution in [3.63, 3.8) is 0 Å². The van der Waals surface area contributed by atoms with Crippen molar-refractivity contribution < 1.29 is 14.4 Å². The maximum atomic E-state index is 13.1. The van der Waals surface area contributed by atoms with E-state index in [0.717, 1.165) is 63.2 Å². The molecule has 2 aromatic carbocycles. The Labute approximate surface area is 232 Å². The Hall–Kier alpha value is -4.05. The van der Waals surface area contributed by atoms with Gasteiger partial charge in [0.25, 0.3) is 11.5 Å². The maximum Gasteiger partial charge on any atom is 0.275 e. The molecule has 3 aliphatic heterocycles. The second kappa shape index (κ2) is 11.2. The van der Waals surface area contributed by atoms with Crippen LogP contribution in [0.4, 0.5) is 11.4 Å². The van der Waals surface area contributed by atoms with Crippen LogP contribution in [-0.2, 0) is 9.59 Å². The Kier molecular flexibility index (Phi) is 7.34. The molecule has 0 spiro atoms. The first kappa shape index (κ1) is 26.2. The van der Waals surface area contributed by atoms with E-state index in [4.69, 9.17) is 0 Å². The Morgan fingerprint density at radius 2 is 1.55 bits per heavy atom. The molecule has 0 radical (unpaired) electrons. The second-order valence-electron chi connectivity index (χ2n) is 11.1. The lowest BCUT2D eigenvalue weighted by molar-refractivity contribution is -0.136.